The molecule has 0 fully saturated rings. The van der Waals surface area contributed by atoms with Crippen LogP contribution in [0, 0.1) is 5.82 Å². The Hall–Kier alpha value is -1.31. The molecule has 1 unspecified atom stereocenters. The van der Waals surface area contributed by atoms with Gasteiger partial charge < -0.3 is 5.32 Å². The molecule has 0 radical (unpaired) electrons. The predicted molar refractivity (Wildman–Crippen MR) is 58.5 cm³/mol. The molecule has 1 nitrogen and oxygen atoms in total. The number of nitrogens with one attached hydrogen (secondary N) is 1. The fourth-order valence-corrected chi connectivity index (χ4v) is 1.65. The van der Waals surface area contributed by atoms with Crippen LogP contribution in [0.25, 0.3) is 0 Å². The molecule has 8 heteroatoms. The van der Waals surface area contributed by atoms with Crippen molar-refractivity contribution in [2.24, 2.45) is 0 Å². The fourth-order valence-electron chi connectivity index (χ4n) is 1.65. The van der Waals surface area contributed by atoms with Gasteiger partial charge in [0.2, 0.25) is 0 Å². The topological polar surface area (TPSA) is 12.0 Å². The lowest BCUT2D eigenvalue weighted by Gasteiger charge is -2.23. The maximum absolute atomic E-state index is 13.1. The normalized spacial score (nSPS) is 14.4. The Morgan fingerprint density at radius 3 is 2.10 bits per heavy atom. The highest BCUT2D eigenvalue weighted by Gasteiger charge is 2.42. The van der Waals surface area contributed by atoms with Gasteiger partial charge in [-0.05, 0) is 36.7 Å². The fraction of sp³-hybridized carbons (Fsp3) is 0.500. The van der Waals surface area contributed by atoms with Gasteiger partial charge in [0.25, 0.3) is 0 Å². The Morgan fingerprint density at radius 2 is 1.65 bits per heavy atom. The van der Waals surface area contributed by atoms with E-state index in [9.17, 15) is 30.7 Å². The zero-order valence-electron chi connectivity index (χ0n) is 10.4. The lowest BCUT2D eigenvalue weighted by molar-refractivity contribution is -0.158. The highest BCUT2D eigenvalue weighted by molar-refractivity contribution is 5.30. The summed E-state index contributed by atoms with van der Waals surface area (Å²) in [6, 6.07) is -1.41. The molecule has 0 heterocycles. The van der Waals surface area contributed by atoms with Crippen LogP contribution < -0.4 is 5.32 Å². The van der Waals surface area contributed by atoms with Crippen LogP contribution in [0.1, 0.15) is 30.5 Å². The van der Waals surface area contributed by atoms with Crippen molar-refractivity contribution < 1.29 is 30.7 Å². The molecule has 0 aliphatic rings. The number of alkyl halides is 6. The van der Waals surface area contributed by atoms with E-state index in [0.29, 0.717) is 18.6 Å². The molecule has 114 valence electrons. The lowest BCUT2D eigenvalue weighted by atomic mass is 10.0. The first-order valence-electron chi connectivity index (χ1n) is 5.73. The maximum atomic E-state index is 13.1. The van der Waals surface area contributed by atoms with E-state index in [1.807, 2.05) is 0 Å². The second kappa shape index (κ2) is 5.99. The van der Waals surface area contributed by atoms with Gasteiger partial charge in [-0.3, -0.25) is 0 Å². The third-order valence-electron chi connectivity index (χ3n) is 2.51. The largest absolute Gasteiger partial charge is 0.416 e. The minimum Gasteiger partial charge on any atom is -0.302 e. The smallest absolute Gasteiger partial charge is 0.302 e. The molecule has 1 aromatic carbocycles. The summed E-state index contributed by atoms with van der Waals surface area (Å²) in [7, 11) is 0. The van der Waals surface area contributed by atoms with Crippen molar-refractivity contribution in [2.45, 2.75) is 31.7 Å². The molecular weight excluding hydrogens is 291 g/mol. The van der Waals surface area contributed by atoms with Crippen LogP contribution >= 0.6 is 0 Å². The van der Waals surface area contributed by atoms with Crippen LogP contribution in [-0.4, -0.2) is 12.7 Å². The quantitative estimate of drug-likeness (QED) is 0.810. The van der Waals surface area contributed by atoms with E-state index in [-0.39, 0.29) is 12.6 Å². The Morgan fingerprint density at radius 1 is 1.05 bits per heavy atom. The first-order valence-corrected chi connectivity index (χ1v) is 5.73. The van der Waals surface area contributed by atoms with Crippen molar-refractivity contribution in [2.75, 3.05) is 6.54 Å². The second-order valence-corrected chi connectivity index (χ2v) is 4.20. The monoisotopic (exact) mass is 303 g/mol. The molecule has 1 atom stereocenters. The van der Waals surface area contributed by atoms with Crippen LogP contribution in [0.5, 0.6) is 0 Å². The predicted octanol–water partition coefficient (Wildman–Crippen LogP) is 4.45. The molecule has 0 aliphatic carbocycles. The van der Waals surface area contributed by atoms with Crippen molar-refractivity contribution in [1.29, 1.82) is 0 Å². The zero-order valence-corrected chi connectivity index (χ0v) is 10.4. The van der Waals surface area contributed by atoms with Gasteiger partial charge in [-0.1, -0.05) is 6.92 Å². The number of hydrogen-bond donors (Lipinski definition) is 1. The van der Waals surface area contributed by atoms with Crippen molar-refractivity contribution >= 4 is 0 Å². The number of benzene rings is 1. The average molecular weight is 303 g/mol. The van der Waals surface area contributed by atoms with E-state index in [2.05, 4.69) is 5.32 Å². The van der Waals surface area contributed by atoms with Crippen LogP contribution in [0.3, 0.4) is 0 Å². The Bertz CT molecular complexity index is 450. The summed E-state index contributed by atoms with van der Waals surface area (Å²) in [4.78, 5) is 0. The van der Waals surface area contributed by atoms with Gasteiger partial charge >= 0.3 is 12.4 Å². The first-order chi connectivity index (χ1) is 9.05. The van der Waals surface area contributed by atoms with Crippen LogP contribution in [0.15, 0.2) is 18.2 Å². The zero-order chi connectivity index (χ0) is 15.6. The molecule has 0 saturated carbocycles. The standard InChI is InChI=1S/C12H12F7N/c1-2-3-20-10(12(17,18)19)7-4-8(11(14,15)16)6-9(13)5-7/h4-6,10,20H,2-3H2,1H3. The SMILES string of the molecule is CCCNC(c1cc(F)cc(C(F)(F)F)c1)C(F)(F)F. The lowest BCUT2D eigenvalue weighted by Crippen LogP contribution is -2.35. The van der Waals surface area contributed by atoms with E-state index < -0.39 is 35.3 Å². The van der Waals surface area contributed by atoms with Crippen molar-refractivity contribution in [3.05, 3.63) is 35.1 Å². The summed E-state index contributed by atoms with van der Waals surface area (Å²) < 4.78 is 89.1. The Labute approximate surface area is 110 Å². The third-order valence-corrected chi connectivity index (χ3v) is 2.51. The molecular formula is C12H12F7N. The van der Waals surface area contributed by atoms with Crippen molar-refractivity contribution in [1.82, 2.24) is 5.32 Å². The van der Waals surface area contributed by atoms with Crippen molar-refractivity contribution in [3.63, 3.8) is 0 Å². The molecule has 0 aromatic heterocycles. The van der Waals surface area contributed by atoms with E-state index >= 15 is 0 Å². The molecule has 0 amide bonds. The minimum atomic E-state index is -4.91. The van der Waals surface area contributed by atoms with Gasteiger partial charge in [0.15, 0.2) is 0 Å². The summed E-state index contributed by atoms with van der Waals surface area (Å²) in [5, 5.41) is 2.07. The van der Waals surface area contributed by atoms with Gasteiger partial charge in [0.1, 0.15) is 11.9 Å². The molecule has 1 rings (SSSR count). The molecule has 0 aliphatic heterocycles. The van der Waals surface area contributed by atoms with Gasteiger partial charge in [0, 0.05) is 0 Å². The highest BCUT2D eigenvalue weighted by atomic mass is 19.4. The molecule has 1 N–H and O–H groups in total. The first kappa shape index (κ1) is 16.7. The molecule has 0 bridgehead atoms. The van der Waals surface area contributed by atoms with Gasteiger partial charge in [-0.2, -0.15) is 26.3 Å². The van der Waals surface area contributed by atoms with Gasteiger partial charge in [-0.25, -0.2) is 4.39 Å². The van der Waals surface area contributed by atoms with Crippen LogP contribution in [0.2, 0.25) is 0 Å². The average Bonchev–Trinajstić information content (AvgIpc) is 2.25. The van der Waals surface area contributed by atoms with E-state index in [4.69, 9.17) is 0 Å². The minimum absolute atomic E-state index is 0.0535. The maximum Gasteiger partial charge on any atom is 0.416 e. The number of halogens is 7. The van der Waals surface area contributed by atoms with Crippen LogP contribution in [0.4, 0.5) is 30.7 Å². The Balaban J connectivity index is 3.23. The number of rotatable bonds is 4. The Kier molecular flexibility index (Phi) is 5.01. The summed E-state index contributed by atoms with van der Waals surface area (Å²) >= 11 is 0. The summed E-state index contributed by atoms with van der Waals surface area (Å²) in [6.07, 6.45) is -9.36. The highest BCUT2D eigenvalue weighted by Crippen LogP contribution is 2.36. The third kappa shape index (κ3) is 4.36. The van der Waals surface area contributed by atoms with E-state index in [0.717, 1.165) is 0 Å². The van der Waals surface area contributed by atoms with E-state index in [1.165, 1.54) is 0 Å². The van der Waals surface area contributed by atoms with E-state index in [1.54, 1.807) is 6.92 Å². The summed E-state index contributed by atoms with van der Waals surface area (Å²) in [5.74, 6) is -1.36. The van der Waals surface area contributed by atoms with Gasteiger partial charge in [0.05, 0.1) is 5.56 Å². The summed E-state index contributed by atoms with van der Waals surface area (Å²) in [6.45, 7) is 1.55. The molecule has 0 saturated heterocycles. The molecule has 1 aromatic rings. The van der Waals surface area contributed by atoms with Gasteiger partial charge in [-0.15, -0.1) is 0 Å². The molecule has 0 spiro atoms. The molecule has 20 heavy (non-hydrogen) atoms. The van der Waals surface area contributed by atoms with Crippen LogP contribution in [-0.2, 0) is 6.18 Å². The number of hydrogen-bond acceptors (Lipinski definition) is 1. The second-order valence-electron chi connectivity index (χ2n) is 4.20. The van der Waals surface area contributed by atoms with Crippen molar-refractivity contribution in [3.8, 4) is 0 Å². The summed E-state index contributed by atoms with van der Waals surface area (Å²) in [5.41, 5.74) is -2.24.